The van der Waals surface area contributed by atoms with Gasteiger partial charge in [-0.1, -0.05) is 27.2 Å². The van der Waals surface area contributed by atoms with Crippen molar-refractivity contribution in [2.75, 3.05) is 6.54 Å². The van der Waals surface area contributed by atoms with E-state index >= 15 is 0 Å². The number of amides is 1. The van der Waals surface area contributed by atoms with E-state index in [1.165, 1.54) is 6.42 Å². The fourth-order valence-corrected chi connectivity index (χ4v) is 2.74. The van der Waals surface area contributed by atoms with E-state index in [1.54, 1.807) is 0 Å². The number of piperidine rings is 1. The molecule has 0 spiro atoms. The molecule has 1 aliphatic rings. The normalized spacial score (nSPS) is 30.8. The predicted octanol–water partition coefficient (Wildman–Crippen LogP) is 2.82. The summed E-state index contributed by atoms with van der Waals surface area (Å²) in [6.07, 6.45) is 2.74. The summed E-state index contributed by atoms with van der Waals surface area (Å²) in [5, 5.41) is 9.08. The van der Waals surface area contributed by atoms with Gasteiger partial charge in [0.15, 0.2) is 0 Å². The smallest absolute Gasteiger partial charge is 0.240 e. The van der Waals surface area contributed by atoms with Crippen molar-refractivity contribution in [1.29, 1.82) is 5.26 Å². The molecule has 3 heteroatoms. The first-order chi connectivity index (χ1) is 8.01. The van der Waals surface area contributed by atoms with Crippen LogP contribution >= 0.6 is 0 Å². The maximum atomic E-state index is 12.3. The van der Waals surface area contributed by atoms with Crippen molar-refractivity contribution >= 4 is 5.91 Å². The van der Waals surface area contributed by atoms with E-state index in [-0.39, 0.29) is 11.9 Å². The molecule has 4 unspecified atom stereocenters. The summed E-state index contributed by atoms with van der Waals surface area (Å²) in [5.41, 5.74) is 0. The second-order valence-corrected chi connectivity index (χ2v) is 5.52. The number of likely N-dealkylation sites (tertiary alicyclic amines) is 1. The number of nitriles is 1. The predicted molar refractivity (Wildman–Crippen MR) is 68.1 cm³/mol. The summed E-state index contributed by atoms with van der Waals surface area (Å²) < 4.78 is 0. The highest BCUT2D eigenvalue weighted by Gasteiger charge is 2.34. The van der Waals surface area contributed by atoms with Gasteiger partial charge in [-0.2, -0.15) is 5.26 Å². The van der Waals surface area contributed by atoms with Gasteiger partial charge in [0.2, 0.25) is 5.91 Å². The molecule has 0 bridgehead atoms. The molecule has 1 amide bonds. The second-order valence-electron chi connectivity index (χ2n) is 5.52. The Balaban J connectivity index is 2.76. The van der Waals surface area contributed by atoms with E-state index in [4.69, 9.17) is 5.26 Å². The van der Waals surface area contributed by atoms with Crippen molar-refractivity contribution in [2.45, 2.75) is 53.0 Å². The van der Waals surface area contributed by atoms with E-state index in [0.717, 1.165) is 13.0 Å². The molecule has 0 N–H and O–H groups in total. The lowest BCUT2D eigenvalue weighted by molar-refractivity contribution is -0.139. The van der Waals surface area contributed by atoms with Crippen LogP contribution in [0.1, 0.15) is 47.0 Å². The van der Waals surface area contributed by atoms with E-state index < -0.39 is 5.92 Å². The molecular formula is C14H24N2O. The van der Waals surface area contributed by atoms with Crippen LogP contribution in [0, 0.1) is 29.1 Å². The Morgan fingerprint density at radius 1 is 1.47 bits per heavy atom. The zero-order valence-corrected chi connectivity index (χ0v) is 11.4. The highest BCUT2D eigenvalue weighted by atomic mass is 16.2. The quantitative estimate of drug-likeness (QED) is 0.756. The lowest BCUT2D eigenvalue weighted by Gasteiger charge is -2.41. The number of nitrogens with zero attached hydrogens (tertiary/aromatic N) is 2. The maximum Gasteiger partial charge on any atom is 0.240 e. The van der Waals surface area contributed by atoms with Gasteiger partial charge in [0.05, 0.1) is 6.07 Å². The zero-order chi connectivity index (χ0) is 13.0. The lowest BCUT2D eigenvalue weighted by atomic mass is 9.85. The van der Waals surface area contributed by atoms with Crippen molar-refractivity contribution in [3.63, 3.8) is 0 Å². The molecule has 0 saturated carbocycles. The lowest BCUT2D eigenvalue weighted by Crippen LogP contribution is -2.50. The third-order valence-electron chi connectivity index (χ3n) is 3.91. The first-order valence-electron chi connectivity index (χ1n) is 6.71. The maximum absolute atomic E-state index is 12.3. The molecule has 1 aliphatic heterocycles. The molecule has 1 fully saturated rings. The first kappa shape index (κ1) is 14.0. The van der Waals surface area contributed by atoms with E-state index in [9.17, 15) is 4.79 Å². The molecule has 0 radical (unpaired) electrons. The molecule has 0 aromatic carbocycles. The topological polar surface area (TPSA) is 44.1 Å². The molecule has 1 rings (SSSR count). The van der Waals surface area contributed by atoms with Crippen molar-refractivity contribution in [3.05, 3.63) is 0 Å². The van der Waals surface area contributed by atoms with Crippen molar-refractivity contribution in [3.8, 4) is 6.07 Å². The van der Waals surface area contributed by atoms with Gasteiger partial charge in [0.25, 0.3) is 0 Å². The molecule has 0 aromatic rings. The molecule has 17 heavy (non-hydrogen) atoms. The molecule has 3 nitrogen and oxygen atoms in total. The average Bonchev–Trinajstić information content (AvgIpc) is 2.29. The number of carbonyl (C=O) groups excluding carboxylic acids is 1. The Morgan fingerprint density at radius 2 is 2.12 bits per heavy atom. The van der Waals surface area contributed by atoms with Crippen LogP contribution in [0.3, 0.4) is 0 Å². The molecular weight excluding hydrogens is 212 g/mol. The van der Waals surface area contributed by atoms with Gasteiger partial charge in [0.1, 0.15) is 5.92 Å². The molecule has 0 aliphatic carbocycles. The zero-order valence-electron chi connectivity index (χ0n) is 11.4. The Kier molecular flexibility index (Phi) is 4.99. The summed E-state index contributed by atoms with van der Waals surface area (Å²) in [5.74, 6) is 0.676. The van der Waals surface area contributed by atoms with Gasteiger partial charge >= 0.3 is 0 Å². The minimum Gasteiger partial charge on any atom is -0.338 e. The fourth-order valence-electron chi connectivity index (χ4n) is 2.74. The second kappa shape index (κ2) is 6.05. The molecule has 4 atom stereocenters. The SMILES string of the molecule is CCCC(C#N)C(=O)N1CC(C)CC(C)C1C. The van der Waals surface area contributed by atoms with Crippen molar-refractivity contribution in [1.82, 2.24) is 4.90 Å². The van der Waals surface area contributed by atoms with Gasteiger partial charge in [0, 0.05) is 12.6 Å². The van der Waals surface area contributed by atoms with Gasteiger partial charge in [-0.25, -0.2) is 0 Å². The van der Waals surface area contributed by atoms with E-state index in [1.807, 2.05) is 11.8 Å². The largest absolute Gasteiger partial charge is 0.338 e. The molecule has 1 saturated heterocycles. The van der Waals surface area contributed by atoms with Crippen LogP contribution in [-0.4, -0.2) is 23.4 Å². The summed E-state index contributed by atoms with van der Waals surface area (Å²) in [7, 11) is 0. The summed E-state index contributed by atoms with van der Waals surface area (Å²) >= 11 is 0. The van der Waals surface area contributed by atoms with Crippen molar-refractivity contribution in [2.24, 2.45) is 17.8 Å². The minimum absolute atomic E-state index is 0.0419. The van der Waals surface area contributed by atoms with Crippen LogP contribution in [0.25, 0.3) is 0 Å². The van der Waals surface area contributed by atoms with Crippen LogP contribution in [0.5, 0.6) is 0 Å². The first-order valence-corrected chi connectivity index (χ1v) is 6.71. The molecule has 96 valence electrons. The molecule has 1 heterocycles. The summed E-state index contributed by atoms with van der Waals surface area (Å²) in [6, 6.07) is 2.43. The third-order valence-corrected chi connectivity index (χ3v) is 3.91. The Labute approximate surface area is 105 Å². The van der Waals surface area contributed by atoms with Crippen LogP contribution in [0.4, 0.5) is 0 Å². The number of rotatable bonds is 3. The van der Waals surface area contributed by atoms with Gasteiger partial charge in [-0.3, -0.25) is 4.79 Å². The Bertz CT molecular complexity index is 308. The van der Waals surface area contributed by atoms with E-state index in [0.29, 0.717) is 18.3 Å². The van der Waals surface area contributed by atoms with Crippen LogP contribution in [0.15, 0.2) is 0 Å². The van der Waals surface area contributed by atoms with Crippen LogP contribution < -0.4 is 0 Å². The van der Waals surface area contributed by atoms with Gasteiger partial charge in [-0.15, -0.1) is 0 Å². The van der Waals surface area contributed by atoms with Gasteiger partial charge in [-0.05, 0) is 31.6 Å². The third kappa shape index (κ3) is 3.21. The van der Waals surface area contributed by atoms with Gasteiger partial charge < -0.3 is 4.90 Å². The summed E-state index contributed by atoms with van der Waals surface area (Å²) in [4.78, 5) is 14.3. The molecule has 0 aromatic heterocycles. The standard InChI is InChI=1S/C14H24N2O/c1-5-6-13(8-15)14(17)16-9-10(2)7-11(3)12(16)4/h10-13H,5-7,9H2,1-4H3. The highest BCUT2D eigenvalue weighted by molar-refractivity contribution is 5.81. The number of hydrogen-bond donors (Lipinski definition) is 0. The fraction of sp³-hybridized carbons (Fsp3) is 0.857. The highest BCUT2D eigenvalue weighted by Crippen LogP contribution is 2.28. The van der Waals surface area contributed by atoms with Crippen LogP contribution in [-0.2, 0) is 4.79 Å². The van der Waals surface area contributed by atoms with Crippen LogP contribution in [0.2, 0.25) is 0 Å². The summed E-state index contributed by atoms with van der Waals surface area (Å²) in [6.45, 7) is 9.31. The monoisotopic (exact) mass is 236 g/mol. The Morgan fingerprint density at radius 3 is 2.65 bits per heavy atom. The average molecular weight is 236 g/mol. The minimum atomic E-state index is -0.444. The Hall–Kier alpha value is -1.04. The number of hydrogen-bond acceptors (Lipinski definition) is 2. The number of carbonyl (C=O) groups is 1. The van der Waals surface area contributed by atoms with E-state index in [2.05, 4.69) is 26.8 Å². The van der Waals surface area contributed by atoms with Crippen molar-refractivity contribution < 1.29 is 4.79 Å².